The lowest BCUT2D eigenvalue weighted by atomic mass is 10.1. The zero-order chi connectivity index (χ0) is 22.2. The van der Waals surface area contributed by atoms with Gasteiger partial charge in [-0.1, -0.05) is 35.9 Å². The van der Waals surface area contributed by atoms with Gasteiger partial charge in [-0.25, -0.2) is 4.39 Å². The summed E-state index contributed by atoms with van der Waals surface area (Å²) >= 11 is 0. The maximum absolute atomic E-state index is 14.1. The molecule has 0 spiro atoms. The van der Waals surface area contributed by atoms with E-state index in [1.165, 1.54) is 18.3 Å². The number of nitrogens with two attached hydrogens (primary N) is 1. The standard InChI is InChI=1S/C22H17FN4O3S/c1-13-6-8-18(23)17(10-13)19-9-7-14(12-25-19)26-27-20-11-21(31(28,29)30)15-4-2-3-5-16(15)22(20)24/h2-12H,24H2,1H3,(H,28,29,30)/b27-26+. The van der Waals surface area contributed by atoms with Crippen LogP contribution < -0.4 is 5.73 Å². The van der Waals surface area contributed by atoms with Crippen LogP contribution in [0, 0.1) is 12.7 Å². The summed E-state index contributed by atoms with van der Waals surface area (Å²) in [7, 11) is -4.50. The summed E-state index contributed by atoms with van der Waals surface area (Å²) in [5.74, 6) is -0.380. The number of aryl methyl sites for hydroxylation is 1. The Hall–Kier alpha value is -3.69. The molecule has 156 valence electrons. The second-order valence-corrected chi connectivity index (χ2v) is 8.30. The van der Waals surface area contributed by atoms with Crippen LogP contribution in [0.25, 0.3) is 22.0 Å². The number of anilines is 1. The average molecular weight is 436 g/mol. The first kappa shape index (κ1) is 20.6. The number of nitrogens with zero attached hydrogens (tertiary/aromatic N) is 3. The molecule has 3 aromatic carbocycles. The summed E-state index contributed by atoms with van der Waals surface area (Å²) in [5.41, 5.74) is 8.53. The first-order chi connectivity index (χ1) is 14.7. The van der Waals surface area contributed by atoms with Crippen molar-refractivity contribution in [3.63, 3.8) is 0 Å². The highest BCUT2D eigenvalue weighted by Gasteiger charge is 2.18. The summed E-state index contributed by atoms with van der Waals surface area (Å²) in [6.07, 6.45) is 1.42. The molecule has 4 aromatic rings. The molecule has 0 saturated heterocycles. The van der Waals surface area contributed by atoms with Crippen molar-refractivity contribution in [1.29, 1.82) is 0 Å². The van der Waals surface area contributed by atoms with E-state index in [0.717, 1.165) is 5.56 Å². The van der Waals surface area contributed by atoms with Crippen LogP contribution in [0.5, 0.6) is 0 Å². The van der Waals surface area contributed by atoms with E-state index >= 15 is 0 Å². The van der Waals surface area contributed by atoms with Crippen molar-refractivity contribution in [3.05, 3.63) is 78.2 Å². The minimum atomic E-state index is -4.50. The predicted molar refractivity (Wildman–Crippen MR) is 117 cm³/mol. The molecule has 0 aliphatic rings. The van der Waals surface area contributed by atoms with Gasteiger partial charge in [0.2, 0.25) is 0 Å². The number of benzene rings is 3. The van der Waals surface area contributed by atoms with Crippen LogP contribution >= 0.6 is 0 Å². The Morgan fingerprint density at radius 1 is 1.00 bits per heavy atom. The molecule has 0 fully saturated rings. The van der Waals surface area contributed by atoms with Crippen LogP contribution in [0.1, 0.15) is 5.56 Å². The van der Waals surface area contributed by atoms with Crippen molar-refractivity contribution in [2.24, 2.45) is 10.2 Å². The molecule has 0 bridgehead atoms. The highest BCUT2D eigenvalue weighted by atomic mass is 32.2. The third-order valence-electron chi connectivity index (χ3n) is 4.72. The molecule has 0 unspecified atom stereocenters. The minimum Gasteiger partial charge on any atom is -0.396 e. The average Bonchev–Trinajstić information content (AvgIpc) is 2.75. The van der Waals surface area contributed by atoms with Gasteiger partial charge in [-0.3, -0.25) is 9.54 Å². The smallest absolute Gasteiger partial charge is 0.295 e. The zero-order valence-electron chi connectivity index (χ0n) is 16.3. The largest absolute Gasteiger partial charge is 0.396 e. The molecule has 9 heteroatoms. The van der Waals surface area contributed by atoms with Gasteiger partial charge in [0.25, 0.3) is 10.1 Å². The number of pyridine rings is 1. The SMILES string of the molecule is Cc1ccc(F)c(-c2ccc(/N=N/c3cc(S(=O)(=O)O)c4ccccc4c3N)cn2)c1. The van der Waals surface area contributed by atoms with Crippen LogP contribution in [0.15, 0.2) is 82.0 Å². The van der Waals surface area contributed by atoms with Gasteiger partial charge in [-0.15, -0.1) is 10.2 Å². The van der Waals surface area contributed by atoms with E-state index in [-0.39, 0.29) is 27.5 Å². The Morgan fingerprint density at radius 2 is 1.74 bits per heavy atom. The van der Waals surface area contributed by atoms with E-state index in [1.807, 2.05) is 6.92 Å². The Kier molecular flexibility index (Phi) is 5.22. The lowest BCUT2D eigenvalue weighted by Crippen LogP contribution is -2.01. The Morgan fingerprint density at radius 3 is 2.42 bits per heavy atom. The number of rotatable bonds is 4. The molecule has 31 heavy (non-hydrogen) atoms. The normalized spacial score (nSPS) is 12.0. The van der Waals surface area contributed by atoms with Gasteiger partial charge in [-0.2, -0.15) is 8.42 Å². The monoisotopic (exact) mass is 436 g/mol. The molecule has 7 nitrogen and oxygen atoms in total. The van der Waals surface area contributed by atoms with Crippen molar-refractivity contribution in [2.75, 3.05) is 5.73 Å². The number of nitrogen functional groups attached to an aromatic ring is 1. The van der Waals surface area contributed by atoms with Crippen molar-refractivity contribution in [3.8, 4) is 11.3 Å². The Balaban J connectivity index is 1.72. The third kappa shape index (κ3) is 4.14. The van der Waals surface area contributed by atoms with Gasteiger partial charge in [0.15, 0.2) is 0 Å². The predicted octanol–water partition coefficient (Wildman–Crippen LogP) is 5.59. The molecule has 0 atom stereocenters. The number of aromatic nitrogens is 1. The van der Waals surface area contributed by atoms with E-state index in [1.54, 1.807) is 48.5 Å². The van der Waals surface area contributed by atoms with Crippen LogP contribution in [0.2, 0.25) is 0 Å². The first-order valence-electron chi connectivity index (χ1n) is 9.17. The number of fused-ring (bicyclic) bond motifs is 1. The molecule has 3 N–H and O–H groups in total. The lowest BCUT2D eigenvalue weighted by Gasteiger charge is -2.09. The van der Waals surface area contributed by atoms with E-state index in [0.29, 0.717) is 22.3 Å². The quantitative estimate of drug-likeness (QED) is 0.245. The number of azo groups is 1. The summed E-state index contributed by atoms with van der Waals surface area (Å²) in [4.78, 5) is 3.92. The van der Waals surface area contributed by atoms with Gasteiger partial charge in [0.1, 0.15) is 22.1 Å². The van der Waals surface area contributed by atoms with Gasteiger partial charge in [0.05, 0.1) is 17.6 Å². The summed E-state index contributed by atoms with van der Waals surface area (Å²) in [6.45, 7) is 1.86. The van der Waals surface area contributed by atoms with Crippen molar-refractivity contribution < 1.29 is 17.4 Å². The van der Waals surface area contributed by atoms with Crippen LogP contribution in [-0.2, 0) is 10.1 Å². The fourth-order valence-corrected chi connectivity index (χ4v) is 3.91. The fourth-order valence-electron chi connectivity index (χ4n) is 3.20. The fraction of sp³-hybridized carbons (Fsp3) is 0.0455. The van der Waals surface area contributed by atoms with Gasteiger partial charge < -0.3 is 5.73 Å². The topological polar surface area (TPSA) is 118 Å². The summed E-state index contributed by atoms with van der Waals surface area (Å²) < 4.78 is 47.3. The third-order valence-corrected chi connectivity index (χ3v) is 5.62. The van der Waals surface area contributed by atoms with E-state index in [2.05, 4.69) is 15.2 Å². The van der Waals surface area contributed by atoms with Gasteiger partial charge in [0, 0.05) is 16.3 Å². The van der Waals surface area contributed by atoms with Gasteiger partial charge in [-0.05, 0) is 37.3 Å². The van der Waals surface area contributed by atoms with E-state index in [4.69, 9.17) is 5.73 Å². The highest BCUT2D eigenvalue weighted by Crippen LogP contribution is 2.36. The van der Waals surface area contributed by atoms with Gasteiger partial charge >= 0.3 is 0 Å². The zero-order valence-corrected chi connectivity index (χ0v) is 17.1. The van der Waals surface area contributed by atoms with E-state index in [9.17, 15) is 17.4 Å². The molecule has 1 aromatic heterocycles. The highest BCUT2D eigenvalue weighted by molar-refractivity contribution is 7.86. The second-order valence-electron chi connectivity index (χ2n) is 6.91. The molecule has 0 amide bonds. The maximum Gasteiger partial charge on any atom is 0.295 e. The molecule has 0 saturated carbocycles. The Labute approximate surface area is 177 Å². The number of hydrogen-bond acceptors (Lipinski definition) is 6. The molecule has 0 aliphatic heterocycles. The van der Waals surface area contributed by atoms with Crippen LogP contribution in [0.3, 0.4) is 0 Å². The van der Waals surface area contributed by atoms with E-state index < -0.39 is 10.1 Å². The minimum absolute atomic E-state index is 0.0835. The summed E-state index contributed by atoms with van der Waals surface area (Å²) in [5, 5.41) is 8.81. The second kappa shape index (κ2) is 7.86. The summed E-state index contributed by atoms with van der Waals surface area (Å²) in [6, 6.07) is 15.7. The molecule has 1 heterocycles. The lowest BCUT2D eigenvalue weighted by molar-refractivity contribution is 0.484. The Bertz CT molecular complexity index is 1440. The van der Waals surface area contributed by atoms with Crippen molar-refractivity contribution >= 4 is 38.0 Å². The molecular formula is C22H17FN4O3S. The van der Waals surface area contributed by atoms with Crippen molar-refractivity contribution in [2.45, 2.75) is 11.8 Å². The van der Waals surface area contributed by atoms with Crippen molar-refractivity contribution in [1.82, 2.24) is 4.98 Å². The molecule has 0 radical (unpaired) electrons. The first-order valence-corrected chi connectivity index (χ1v) is 10.6. The maximum atomic E-state index is 14.1. The molecule has 0 aliphatic carbocycles. The van der Waals surface area contributed by atoms with Crippen LogP contribution in [-0.4, -0.2) is 18.0 Å². The number of hydrogen-bond donors (Lipinski definition) is 2. The molecule has 4 rings (SSSR count). The van der Waals surface area contributed by atoms with Crippen LogP contribution in [0.4, 0.5) is 21.5 Å². The number of halogens is 1. The molecular weight excluding hydrogens is 419 g/mol.